The second-order valence-corrected chi connectivity index (χ2v) is 7.23. The molecular weight excluding hydrogens is 336 g/mol. The van der Waals surface area contributed by atoms with E-state index in [4.69, 9.17) is 5.73 Å². The second kappa shape index (κ2) is 10.1. The number of carbonyl (C=O) groups excluding carboxylic acids is 2. The van der Waals surface area contributed by atoms with Crippen LogP contribution in [0.5, 0.6) is 0 Å². The Balaban J connectivity index is 2.48. The fourth-order valence-electron chi connectivity index (χ4n) is 2.34. The van der Waals surface area contributed by atoms with Gasteiger partial charge in [0.2, 0.25) is 0 Å². The highest BCUT2D eigenvalue weighted by Gasteiger charge is 2.33. The van der Waals surface area contributed by atoms with Gasteiger partial charge in [0.15, 0.2) is 0 Å². The van der Waals surface area contributed by atoms with Crippen molar-refractivity contribution in [2.24, 2.45) is 11.1 Å². The molecule has 0 saturated heterocycles. The predicted octanol–water partition coefficient (Wildman–Crippen LogP) is 0.309. The Morgan fingerprint density at radius 1 is 1.23 bits per heavy atom. The van der Waals surface area contributed by atoms with E-state index in [0.717, 1.165) is 5.56 Å². The molecular formula is C18H30N4O4. The Hall–Kier alpha value is -2.16. The molecule has 1 aromatic carbocycles. The van der Waals surface area contributed by atoms with E-state index < -0.39 is 35.6 Å². The van der Waals surface area contributed by atoms with Gasteiger partial charge >= 0.3 is 6.09 Å². The lowest BCUT2D eigenvalue weighted by Gasteiger charge is -2.30. The van der Waals surface area contributed by atoms with Crippen molar-refractivity contribution in [1.29, 1.82) is 0 Å². The molecule has 26 heavy (non-hydrogen) atoms. The van der Waals surface area contributed by atoms with Gasteiger partial charge in [-0.3, -0.25) is 10.2 Å². The molecule has 2 amide bonds. The van der Waals surface area contributed by atoms with E-state index in [1.54, 1.807) is 0 Å². The monoisotopic (exact) mass is 366 g/mol. The number of amides is 2. The van der Waals surface area contributed by atoms with Crippen molar-refractivity contribution in [3.05, 3.63) is 35.9 Å². The number of benzene rings is 1. The van der Waals surface area contributed by atoms with Gasteiger partial charge in [0.05, 0.1) is 13.2 Å². The fourth-order valence-corrected chi connectivity index (χ4v) is 2.34. The highest BCUT2D eigenvalue weighted by atomic mass is 16.5. The van der Waals surface area contributed by atoms with Gasteiger partial charge in [-0.2, -0.15) is 0 Å². The molecule has 0 aliphatic heterocycles. The smallest absolute Gasteiger partial charge is 0.407 e. The maximum absolute atomic E-state index is 12.3. The number of nitrogens with one attached hydrogen (secondary N) is 3. The number of hydrogen-bond acceptors (Lipinski definition) is 6. The Bertz CT molecular complexity index is 574. The van der Waals surface area contributed by atoms with Gasteiger partial charge in [0.1, 0.15) is 6.04 Å². The molecule has 0 aliphatic carbocycles. The molecule has 0 bridgehead atoms. The molecule has 1 rings (SSSR count). The summed E-state index contributed by atoms with van der Waals surface area (Å²) in [4.78, 5) is 23.8. The van der Waals surface area contributed by atoms with Gasteiger partial charge in [0, 0.05) is 12.6 Å². The quantitative estimate of drug-likeness (QED) is 0.422. The highest BCUT2D eigenvalue weighted by Crippen LogP contribution is 2.19. The Labute approximate surface area is 154 Å². The Morgan fingerprint density at radius 2 is 1.85 bits per heavy atom. The zero-order valence-corrected chi connectivity index (χ0v) is 15.8. The van der Waals surface area contributed by atoms with Gasteiger partial charge in [-0.05, 0) is 17.4 Å². The number of hydrogen-bond donors (Lipinski definition) is 5. The molecule has 1 aromatic rings. The summed E-state index contributed by atoms with van der Waals surface area (Å²) in [5, 5.41) is 12.6. The molecule has 0 heterocycles. The number of alkyl carbamates (subject to hydrolysis) is 1. The van der Waals surface area contributed by atoms with E-state index in [0.29, 0.717) is 6.42 Å². The molecule has 0 fully saturated rings. The van der Waals surface area contributed by atoms with Gasteiger partial charge in [-0.15, -0.1) is 0 Å². The van der Waals surface area contributed by atoms with Gasteiger partial charge in [0.25, 0.3) is 5.91 Å². The van der Waals surface area contributed by atoms with E-state index in [2.05, 4.69) is 20.9 Å². The van der Waals surface area contributed by atoms with Crippen LogP contribution in [0.1, 0.15) is 26.3 Å². The number of nitrogens with two attached hydrogens (primary N) is 1. The first-order valence-electron chi connectivity index (χ1n) is 8.50. The Morgan fingerprint density at radius 3 is 2.38 bits per heavy atom. The number of carbonyl (C=O) groups is 2. The lowest BCUT2D eigenvalue weighted by molar-refractivity contribution is -0.126. The summed E-state index contributed by atoms with van der Waals surface area (Å²) in [5.41, 5.74) is 11.7. The molecule has 8 nitrogen and oxygen atoms in total. The van der Waals surface area contributed by atoms with E-state index in [1.165, 1.54) is 7.11 Å². The molecule has 8 heteroatoms. The number of ether oxygens (including phenoxy) is 1. The van der Waals surface area contributed by atoms with Crippen molar-refractivity contribution in [2.45, 2.75) is 45.4 Å². The zero-order valence-electron chi connectivity index (χ0n) is 15.8. The van der Waals surface area contributed by atoms with E-state index in [-0.39, 0.29) is 6.54 Å². The number of hydrazine groups is 1. The third-order valence-electron chi connectivity index (χ3n) is 3.91. The van der Waals surface area contributed by atoms with E-state index >= 15 is 0 Å². The van der Waals surface area contributed by atoms with Crippen molar-refractivity contribution >= 4 is 12.0 Å². The van der Waals surface area contributed by atoms with Crippen LogP contribution < -0.4 is 21.9 Å². The van der Waals surface area contributed by atoms with Crippen LogP contribution in [0, 0.1) is 5.41 Å². The number of methoxy groups -OCH3 is 1. The third-order valence-corrected chi connectivity index (χ3v) is 3.91. The summed E-state index contributed by atoms with van der Waals surface area (Å²) < 4.78 is 4.55. The lowest BCUT2D eigenvalue weighted by Crippen LogP contribution is -2.57. The number of aliphatic hydroxyl groups is 1. The van der Waals surface area contributed by atoms with Crippen molar-refractivity contribution < 1.29 is 19.4 Å². The first-order chi connectivity index (χ1) is 12.1. The maximum Gasteiger partial charge on any atom is 0.407 e. The van der Waals surface area contributed by atoms with Crippen molar-refractivity contribution in [2.75, 3.05) is 13.7 Å². The van der Waals surface area contributed by atoms with Crippen LogP contribution in [0.2, 0.25) is 0 Å². The summed E-state index contributed by atoms with van der Waals surface area (Å²) in [6.07, 6.45) is -1.02. The summed E-state index contributed by atoms with van der Waals surface area (Å²) >= 11 is 0. The predicted molar refractivity (Wildman–Crippen MR) is 99.1 cm³/mol. The SMILES string of the molecule is COC(=O)N[C@H](C(=O)NNC[C@H](O)[C@@H](N)Cc1ccccc1)C(C)(C)C. The second-order valence-electron chi connectivity index (χ2n) is 7.23. The maximum atomic E-state index is 12.3. The molecule has 0 aliphatic rings. The molecule has 3 atom stereocenters. The lowest BCUT2D eigenvalue weighted by atomic mass is 9.86. The van der Waals surface area contributed by atoms with Crippen LogP contribution in [0.15, 0.2) is 30.3 Å². The van der Waals surface area contributed by atoms with Crippen LogP contribution in [0.4, 0.5) is 4.79 Å². The minimum Gasteiger partial charge on any atom is -0.453 e. The number of aliphatic hydroxyl groups excluding tert-OH is 1. The first-order valence-corrected chi connectivity index (χ1v) is 8.50. The molecule has 6 N–H and O–H groups in total. The summed E-state index contributed by atoms with van der Waals surface area (Å²) in [5.74, 6) is -0.438. The molecule has 0 spiro atoms. The summed E-state index contributed by atoms with van der Waals surface area (Å²) in [6, 6.07) is 8.33. The molecule has 0 saturated carbocycles. The van der Waals surface area contributed by atoms with Crippen LogP contribution in [-0.4, -0.2) is 48.9 Å². The van der Waals surface area contributed by atoms with Gasteiger partial charge in [-0.1, -0.05) is 51.1 Å². The topological polar surface area (TPSA) is 126 Å². The molecule has 0 radical (unpaired) electrons. The van der Waals surface area contributed by atoms with Crippen molar-refractivity contribution in [3.8, 4) is 0 Å². The zero-order chi connectivity index (χ0) is 19.7. The van der Waals surface area contributed by atoms with E-state index in [1.807, 2.05) is 51.1 Å². The normalized spacial score (nSPS) is 14.8. The minimum absolute atomic E-state index is 0.0782. The average Bonchev–Trinajstić information content (AvgIpc) is 2.58. The van der Waals surface area contributed by atoms with Crippen molar-refractivity contribution in [3.63, 3.8) is 0 Å². The van der Waals surface area contributed by atoms with E-state index in [9.17, 15) is 14.7 Å². The number of rotatable bonds is 8. The minimum atomic E-state index is -0.850. The summed E-state index contributed by atoms with van der Waals surface area (Å²) in [7, 11) is 1.23. The third kappa shape index (κ3) is 7.38. The van der Waals surface area contributed by atoms with Gasteiger partial charge < -0.3 is 20.9 Å². The van der Waals surface area contributed by atoms with Crippen LogP contribution in [0.25, 0.3) is 0 Å². The standard InChI is InChI=1S/C18H30N4O4/c1-18(2,3)15(21-17(25)26-4)16(24)22-20-11-14(23)13(19)10-12-8-6-5-7-9-12/h5-9,13-15,20,23H,10-11,19H2,1-4H3,(H,21,25)(H,22,24)/t13-,14-,15+/m0/s1. The van der Waals surface area contributed by atoms with Crippen LogP contribution >= 0.6 is 0 Å². The highest BCUT2D eigenvalue weighted by molar-refractivity contribution is 5.86. The van der Waals surface area contributed by atoms with Crippen molar-refractivity contribution in [1.82, 2.24) is 16.2 Å². The fraction of sp³-hybridized carbons (Fsp3) is 0.556. The average molecular weight is 366 g/mol. The largest absolute Gasteiger partial charge is 0.453 e. The van der Waals surface area contributed by atoms with Gasteiger partial charge in [-0.25, -0.2) is 10.2 Å². The van der Waals surface area contributed by atoms with Crippen LogP contribution in [0.3, 0.4) is 0 Å². The first kappa shape index (κ1) is 21.9. The molecule has 146 valence electrons. The Kier molecular flexibility index (Phi) is 8.50. The summed E-state index contributed by atoms with van der Waals surface area (Å²) in [6.45, 7) is 5.53. The molecule has 0 unspecified atom stereocenters. The van der Waals surface area contributed by atoms with Crippen LogP contribution in [-0.2, 0) is 16.0 Å². The molecule has 0 aromatic heterocycles.